The quantitative estimate of drug-likeness (QED) is 0.886. The summed E-state index contributed by atoms with van der Waals surface area (Å²) in [5.41, 5.74) is 2.59. The molecule has 110 valence electrons. The first-order valence-corrected chi connectivity index (χ1v) is 7.53. The molecule has 2 N–H and O–H groups in total. The van der Waals surface area contributed by atoms with E-state index in [4.69, 9.17) is 0 Å². The summed E-state index contributed by atoms with van der Waals surface area (Å²) in [7, 11) is 0. The number of pyridine rings is 1. The Labute approximate surface area is 125 Å². The predicted octanol–water partition coefficient (Wildman–Crippen LogP) is 3.20. The number of fused-ring (bicyclic) bond motifs is 1. The molecule has 0 bridgehead atoms. The van der Waals surface area contributed by atoms with Crippen molar-refractivity contribution in [1.29, 1.82) is 0 Å². The number of anilines is 1. The third kappa shape index (κ3) is 2.99. The topological polar surface area (TPSA) is 54.0 Å². The molecular formula is C17H21N3O. The molecule has 1 aliphatic carbocycles. The lowest BCUT2D eigenvalue weighted by Gasteiger charge is -2.12. The Morgan fingerprint density at radius 2 is 2.10 bits per heavy atom. The van der Waals surface area contributed by atoms with E-state index in [1.807, 2.05) is 37.3 Å². The standard InChI is InChI=1S/C17H21N3O/c1-3-18-14-10-15(16(21)19-11-17(2)8-9-17)20-13-7-5-4-6-12(13)14/h4-7,10H,3,8-9,11H2,1-2H3,(H,18,20)(H,19,21). The van der Waals surface area contributed by atoms with Crippen LogP contribution in [0.1, 0.15) is 37.2 Å². The fourth-order valence-electron chi connectivity index (χ4n) is 2.40. The van der Waals surface area contributed by atoms with E-state index in [2.05, 4.69) is 22.5 Å². The SMILES string of the molecule is CCNc1cc(C(=O)NCC2(C)CC2)nc2ccccc12. The number of aromatic nitrogens is 1. The molecule has 0 saturated heterocycles. The Bertz CT molecular complexity index is 677. The summed E-state index contributed by atoms with van der Waals surface area (Å²) in [4.78, 5) is 16.8. The normalized spacial score (nSPS) is 15.7. The van der Waals surface area contributed by atoms with Crippen LogP contribution in [0.2, 0.25) is 0 Å². The van der Waals surface area contributed by atoms with Crippen molar-refractivity contribution in [1.82, 2.24) is 10.3 Å². The summed E-state index contributed by atoms with van der Waals surface area (Å²) >= 11 is 0. The molecular weight excluding hydrogens is 262 g/mol. The van der Waals surface area contributed by atoms with Gasteiger partial charge < -0.3 is 10.6 Å². The molecule has 0 unspecified atom stereocenters. The molecule has 4 nitrogen and oxygen atoms in total. The van der Waals surface area contributed by atoms with Crippen LogP contribution in [-0.2, 0) is 0 Å². The Morgan fingerprint density at radius 1 is 1.33 bits per heavy atom. The second-order valence-corrected chi connectivity index (χ2v) is 6.10. The Kier molecular flexibility index (Phi) is 3.53. The van der Waals surface area contributed by atoms with Crippen molar-refractivity contribution in [2.24, 2.45) is 5.41 Å². The lowest BCUT2D eigenvalue weighted by Crippen LogP contribution is -2.29. The fourth-order valence-corrected chi connectivity index (χ4v) is 2.40. The van der Waals surface area contributed by atoms with Gasteiger partial charge in [-0.15, -0.1) is 0 Å². The smallest absolute Gasteiger partial charge is 0.270 e. The minimum absolute atomic E-state index is 0.0898. The first-order valence-electron chi connectivity index (χ1n) is 7.53. The molecule has 1 fully saturated rings. The Morgan fingerprint density at radius 3 is 2.81 bits per heavy atom. The number of carbonyl (C=O) groups is 1. The highest BCUT2D eigenvalue weighted by Crippen LogP contribution is 2.44. The highest BCUT2D eigenvalue weighted by Gasteiger charge is 2.37. The van der Waals surface area contributed by atoms with Gasteiger partial charge in [0.1, 0.15) is 5.69 Å². The number of nitrogens with zero attached hydrogens (tertiary/aromatic N) is 1. The molecule has 1 heterocycles. The van der Waals surface area contributed by atoms with Gasteiger partial charge in [0.2, 0.25) is 0 Å². The number of benzene rings is 1. The van der Waals surface area contributed by atoms with Crippen molar-refractivity contribution in [3.8, 4) is 0 Å². The molecule has 0 atom stereocenters. The van der Waals surface area contributed by atoms with Crippen LogP contribution in [0.25, 0.3) is 10.9 Å². The van der Waals surface area contributed by atoms with E-state index in [0.29, 0.717) is 11.1 Å². The molecule has 4 heteroatoms. The summed E-state index contributed by atoms with van der Waals surface area (Å²) in [5, 5.41) is 7.36. The Balaban J connectivity index is 1.88. The molecule has 21 heavy (non-hydrogen) atoms. The van der Waals surface area contributed by atoms with Crippen LogP contribution in [-0.4, -0.2) is 24.0 Å². The van der Waals surface area contributed by atoms with E-state index in [1.165, 1.54) is 12.8 Å². The van der Waals surface area contributed by atoms with Gasteiger partial charge >= 0.3 is 0 Å². The van der Waals surface area contributed by atoms with Gasteiger partial charge in [-0.05, 0) is 37.3 Å². The third-order valence-electron chi connectivity index (χ3n) is 4.10. The van der Waals surface area contributed by atoms with Crippen LogP contribution in [0.4, 0.5) is 5.69 Å². The summed E-state index contributed by atoms with van der Waals surface area (Å²) in [6, 6.07) is 9.73. The van der Waals surface area contributed by atoms with E-state index in [9.17, 15) is 4.79 Å². The maximum atomic E-state index is 12.3. The van der Waals surface area contributed by atoms with Crippen molar-refractivity contribution in [2.75, 3.05) is 18.4 Å². The number of rotatable bonds is 5. The molecule has 1 aromatic carbocycles. The predicted molar refractivity (Wildman–Crippen MR) is 85.6 cm³/mol. The number of hydrogen-bond acceptors (Lipinski definition) is 3. The van der Waals surface area contributed by atoms with Crippen molar-refractivity contribution in [3.63, 3.8) is 0 Å². The summed E-state index contributed by atoms with van der Waals surface area (Å²) < 4.78 is 0. The second-order valence-electron chi connectivity index (χ2n) is 6.10. The van der Waals surface area contributed by atoms with Crippen LogP contribution in [0, 0.1) is 5.41 Å². The van der Waals surface area contributed by atoms with Crippen LogP contribution in [0.15, 0.2) is 30.3 Å². The van der Waals surface area contributed by atoms with Crippen molar-refractivity contribution < 1.29 is 4.79 Å². The molecule has 1 aliphatic rings. The van der Waals surface area contributed by atoms with Gasteiger partial charge in [0.15, 0.2) is 0 Å². The molecule has 3 rings (SSSR count). The average Bonchev–Trinajstić information content (AvgIpc) is 3.23. The number of amides is 1. The monoisotopic (exact) mass is 283 g/mol. The zero-order valence-corrected chi connectivity index (χ0v) is 12.6. The minimum atomic E-state index is -0.0898. The lowest BCUT2D eigenvalue weighted by atomic mass is 10.1. The van der Waals surface area contributed by atoms with Gasteiger partial charge in [-0.25, -0.2) is 4.98 Å². The van der Waals surface area contributed by atoms with E-state index in [1.54, 1.807) is 0 Å². The second kappa shape index (κ2) is 5.35. The number of hydrogen-bond donors (Lipinski definition) is 2. The van der Waals surface area contributed by atoms with Crippen LogP contribution >= 0.6 is 0 Å². The van der Waals surface area contributed by atoms with Crippen molar-refractivity contribution in [3.05, 3.63) is 36.0 Å². The van der Waals surface area contributed by atoms with Gasteiger partial charge in [0, 0.05) is 24.2 Å². The maximum absolute atomic E-state index is 12.3. The van der Waals surface area contributed by atoms with Gasteiger partial charge in [-0.3, -0.25) is 4.79 Å². The zero-order valence-electron chi connectivity index (χ0n) is 12.6. The van der Waals surface area contributed by atoms with Gasteiger partial charge in [0.25, 0.3) is 5.91 Å². The van der Waals surface area contributed by atoms with E-state index >= 15 is 0 Å². The van der Waals surface area contributed by atoms with Gasteiger partial charge in [-0.2, -0.15) is 0 Å². The van der Waals surface area contributed by atoms with Crippen molar-refractivity contribution >= 4 is 22.5 Å². The highest BCUT2D eigenvalue weighted by atomic mass is 16.1. The van der Waals surface area contributed by atoms with Crippen molar-refractivity contribution in [2.45, 2.75) is 26.7 Å². The molecule has 1 saturated carbocycles. The molecule has 1 amide bonds. The number of nitrogens with one attached hydrogen (secondary N) is 2. The van der Waals surface area contributed by atoms with E-state index in [0.717, 1.165) is 29.7 Å². The zero-order chi connectivity index (χ0) is 14.9. The van der Waals surface area contributed by atoms with Crippen LogP contribution < -0.4 is 10.6 Å². The first kappa shape index (κ1) is 13.9. The van der Waals surface area contributed by atoms with E-state index < -0.39 is 0 Å². The first-order chi connectivity index (χ1) is 10.1. The largest absolute Gasteiger partial charge is 0.385 e. The molecule has 2 aromatic rings. The lowest BCUT2D eigenvalue weighted by molar-refractivity contribution is 0.0941. The van der Waals surface area contributed by atoms with E-state index in [-0.39, 0.29) is 5.91 Å². The van der Waals surface area contributed by atoms with Crippen LogP contribution in [0.3, 0.4) is 0 Å². The maximum Gasteiger partial charge on any atom is 0.270 e. The summed E-state index contributed by atoms with van der Waals surface area (Å²) in [5.74, 6) is -0.0898. The highest BCUT2D eigenvalue weighted by molar-refractivity contribution is 5.99. The van der Waals surface area contributed by atoms with Crippen LogP contribution in [0.5, 0.6) is 0 Å². The minimum Gasteiger partial charge on any atom is -0.385 e. The molecule has 0 spiro atoms. The number of para-hydroxylation sites is 1. The van der Waals surface area contributed by atoms with Gasteiger partial charge in [0.05, 0.1) is 5.52 Å². The number of carbonyl (C=O) groups excluding carboxylic acids is 1. The average molecular weight is 283 g/mol. The summed E-state index contributed by atoms with van der Waals surface area (Å²) in [6.45, 7) is 5.79. The third-order valence-corrected chi connectivity index (χ3v) is 4.10. The Hall–Kier alpha value is -2.10. The molecule has 0 aliphatic heterocycles. The molecule has 1 aromatic heterocycles. The van der Waals surface area contributed by atoms with Gasteiger partial charge in [-0.1, -0.05) is 25.1 Å². The summed E-state index contributed by atoms with van der Waals surface area (Å²) in [6.07, 6.45) is 2.39. The molecule has 0 radical (unpaired) electrons. The fraction of sp³-hybridized carbons (Fsp3) is 0.412.